The van der Waals surface area contributed by atoms with Gasteiger partial charge in [0.15, 0.2) is 0 Å². The molecule has 4 nitrogen and oxygen atoms in total. The standard InChI is InChI=1S/C25H27F2NO3/c1-28-21-12-13-24(28,16-2-3-16)15-22(14-21)31-23(29)25(30,17-4-8-19(26)9-5-17)18-6-10-20(27)11-7-18/h4-11,16,21-22,30H,2-3,12-15H2,1H3. The lowest BCUT2D eigenvalue weighted by molar-refractivity contribution is -0.173. The van der Waals surface area contributed by atoms with Crippen molar-refractivity contribution in [3.05, 3.63) is 71.3 Å². The number of piperidine rings is 1. The Kier molecular flexibility index (Phi) is 4.90. The maximum Gasteiger partial charge on any atom is 0.347 e. The van der Waals surface area contributed by atoms with Crippen molar-refractivity contribution < 1.29 is 23.4 Å². The summed E-state index contributed by atoms with van der Waals surface area (Å²) < 4.78 is 33.0. The number of fused-ring (bicyclic) bond motifs is 2. The predicted molar refractivity (Wildman–Crippen MR) is 111 cm³/mol. The van der Waals surface area contributed by atoms with E-state index in [4.69, 9.17) is 4.74 Å². The second kappa shape index (κ2) is 7.38. The van der Waals surface area contributed by atoms with Crippen molar-refractivity contribution in [2.24, 2.45) is 5.92 Å². The van der Waals surface area contributed by atoms with Gasteiger partial charge in [-0.05, 0) is 74.0 Å². The van der Waals surface area contributed by atoms with Crippen molar-refractivity contribution in [1.29, 1.82) is 0 Å². The summed E-state index contributed by atoms with van der Waals surface area (Å²) in [6.45, 7) is 0. The van der Waals surface area contributed by atoms with Gasteiger partial charge < -0.3 is 9.84 Å². The first-order valence-corrected chi connectivity index (χ1v) is 11.0. The van der Waals surface area contributed by atoms with Gasteiger partial charge in [0.2, 0.25) is 5.60 Å². The van der Waals surface area contributed by atoms with Crippen LogP contribution in [0.15, 0.2) is 48.5 Å². The molecule has 5 rings (SSSR count). The van der Waals surface area contributed by atoms with E-state index >= 15 is 0 Å². The predicted octanol–water partition coefficient (Wildman–Crippen LogP) is 4.15. The van der Waals surface area contributed by atoms with Crippen molar-refractivity contribution >= 4 is 5.97 Å². The highest BCUT2D eigenvalue weighted by Gasteiger charge is 2.58. The molecule has 31 heavy (non-hydrogen) atoms. The van der Waals surface area contributed by atoms with Crippen molar-refractivity contribution in [2.45, 2.75) is 61.8 Å². The van der Waals surface area contributed by atoms with Crippen LogP contribution in [0.2, 0.25) is 0 Å². The number of rotatable bonds is 5. The Morgan fingerprint density at radius 2 is 1.58 bits per heavy atom. The first-order chi connectivity index (χ1) is 14.8. The molecule has 3 aliphatic rings. The number of carbonyl (C=O) groups is 1. The number of ether oxygens (including phenoxy) is 1. The van der Waals surface area contributed by atoms with E-state index in [0.29, 0.717) is 12.0 Å². The normalized spacial score (nSPS) is 28.5. The average molecular weight is 427 g/mol. The first kappa shape index (κ1) is 20.6. The summed E-state index contributed by atoms with van der Waals surface area (Å²) in [7, 11) is 2.18. The zero-order valence-corrected chi connectivity index (χ0v) is 17.6. The van der Waals surface area contributed by atoms with Gasteiger partial charge in [-0.1, -0.05) is 24.3 Å². The molecule has 2 saturated heterocycles. The third kappa shape index (κ3) is 3.37. The molecule has 3 atom stereocenters. The molecule has 0 amide bonds. The molecule has 0 aromatic heterocycles. The summed E-state index contributed by atoms with van der Waals surface area (Å²) in [5, 5.41) is 11.6. The van der Waals surface area contributed by atoms with Crippen LogP contribution in [0.4, 0.5) is 8.78 Å². The van der Waals surface area contributed by atoms with Crippen LogP contribution in [-0.4, -0.2) is 40.7 Å². The summed E-state index contributed by atoms with van der Waals surface area (Å²) in [6.07, 6.45) is 5.86. The molecule has 6 heteroatoms. The molecule has 1 saturated carbocycles. The molecule has 0 spiro atoms. The molecule has 2 bridgehead atoms. The molecular weight excluding hydrogens is 400 g/mol. The fourth-order valence-electron chi connectivity index (χ4n) is 5.84. The van der Waals surface area contributed by atoms with Crippen molar-refractivity contribution in [3.63, 3.8) is 0 Å². The van der Waals surface area contributed by atoms with Crippen molar-refractivity contribution in [2.75, 3.05) is 7.05 Å². The molecule has 164 valence electrons. The quantitative estimate of drug-likeness (QED) is 0.729. The van der Waals surface area contributed by atoms with Crippen LogP contribution >= 0.6 is 0 Å². The maximum absolute atomic E-state index is 13.5. The minimum Gasteiger partial charge on any atom is -0.460 e. The summed E-state index contributed by atoms with van der Waals surface area (Å²) in [4.78, 5) is 15.9. The lowest BCUT2D eigenvalue weighted by Gasteiger charge is -2.46. The largest absolute Gasteiger partial charge is 0.460 e. The van der Waals surface area contributed by atoms with Gasteiger partial charge in [-0.15, -0.1) is 0 Å². The van der Waals surface area contributed by atoms with Gasteiger partial charge in [0.1, 0.15) is 17.7 Å². The van der Waals surface area contributed by atoms with Gasteiger partial charge in [-0.3, -0.25) is 4.90 Å². The minimum absolute atomic E-state index is 0.0811. The smallest absolute Gasteiger partial charge is 0.347 e. The van der Waals surface area contributed by atoms with Crippen LogP contribution in [0.1, 0.15) is 49.7 Å². The highest BCUT2D eigenvalue weighted by Crippen LogP contribution is 2.55. The average Bonchev–Trinajstić information content (AvgIpc) is 3.58. The Morgan fingerprint density at radius 1 is 1.03 bits per heavy atom. The number of nitrogens with zero attached hydrogens (tertiary/aromatic N) is 1. The lowest BCUT2D eigenvalue weighted by atomic mass is 9.82. The Bertz CT molecular complexity index is 928. The third-order valence-electron chi connectivity index (χ3n) is 7.71. The topological polar surface area (TPSA) is 49.8 Å². The SMILES string of the molecule is CN1C2CCC1(C1CC1)CC(OC(=O)C(O)(c1ccc(F)cc1)c1ccc(F)cc1)C2. The minimum atomic E-state index is -2.14. The number of hydrogen-bond donors (Lipinski definition) is 1. The highest BCUT2D eigenvalue weighted by molar-refractivity contribution is 5.85. The van der Waals surface area contributed by atoms with Crippen LogP contribution in [0.3, 0.4) is 0 Å². The Morgan fingerprint density at radius 3 is 2.10 bits per heavy atom. The molecular formula is C25H27F2NO3. The van der Waals surface area contributed by atoms with Crippen molar-refractivity contribution in [1.82, 2.24) is 4.90 Å². The van der Waals surface area contributed by atoms with E-state index in [-0.39, 0.29) is 22.8 Å². The summed E-state index contributed by atoms with van der Waals surface area (Å²) >= 11 is 0. The van der Waals surface area contributed by atoms with Gasteiger partial charge in [-0.2, -0.15) is 0 Å². The van der Waals surface area contributed by atoms with E-state index in [0.717, 1.165) is 25.7 Å². The van der Waals surface area contributed by atoms with Crippen LogP contribution in [0, 0.1) is 17.6 Å². The molecule has 2 aromatic rings. The zero-order chi connectivity index (χ0) is 21.8. The van der Waals surface area contributed by atoms with Gasteiger partial charge in [0, 0.05) is 24.4 Å². The van der Waals surface area contributed by atoms with E-state index in [1.165, 1.54) is 61.4 Å². The molecule has 2 aromatic carbocycles. The van der Waals surface area contributed by atoms with E-state index < -0.39 is 23.2 Å². The fourth-order valence-corrected chi connectivity index (χ4v) is 5.84. The van der Waals surface area contributed by atoms with Crippen LogP contribution in [0.5, 0.6) is 0 Å². The number of halogens is 2. The third-order valence-corrected chi connectivity index (χ3v) is 7.71. The monoisotopic (exact) mass is 427 g/mol. The van der Waals surface area contributed by atoms with Gasteiger partial charge in [0.25, 0.3) is 0 Å². The van der Waals surface area contributed by atoms with E-state index in [1.54, 1.807) is 0 Å². The van der Waals surface area contributed by atoms with Crippen LogP contribution < -0.4 is 0 Å². The summed E-state index contributed by atoms with van der Waals surface area (Å²) in [5.41, 5.74) is -1.68. The molecule has 2 heterocycles. The number of esters is 1. The first-order valence-electron chi connectivity index (χ1n) is 11.0. The van der Waals surface area contributed by atoms with Gasteiger partial charge >= 0.3 is 5.97 Å². The van der Waals surface area contributed by atoms with Crippen LogP contribution in [-0.2, 0) is 15.1 Å². The van der Waals surface area contributed by atoms with E-state index in [2.05, 4.69) is 11.9 Å². The Hall–Kier alpha value is -2.31. The van der Waals surface area contributed by atoms with E-state index in [9.17, 15) is 18.7 Å². The van der Waals surface area contributed by atoms with Gasteiger partial charge in [0.05, 0.1) is 0 Å². The Balaban J connectivity index is 1.45. The number of carbonyl (C=O) groups excluding carboxylic acids is 1. The highest BCUT2D eigenvalue weighted by atomic mass is 19.1. The number of benzene rings is 2. The molecule has 0 radical (unpaired) electrons. The number of hydrogen-bond acceptors (Lipinski definition) is 4. The van der Waals surface area contributed by atoms with Gasteiger partial charge in [-0.25, -0.2) is 13.6 Å². The fraction of sp³-hybridized carbons (Fsp3) is 0.480. The van der Waals surface area contributed by atoms with E-state index in [1.807, 2.05) is 0 Å². The molecule has 1 N–H and O–H groups in total. The second-order valence-corrected chi connectivity index (χ2v) is 9.37. The lowest BCUT2D eigenvalue weighted by Crippen LogP contribution is -2.55. The van der Waals surface area contributed by atoms with Crippen LogP contribution in [0.25, 0.3) is 0 Å². The summed E-state index contributed by atoms with van der Waals surface area (Å²) in [6, 6.07) is 10.6. The molecule has 3 fully saturated rings. The van der Waals surface area contributed by atoms with Crippen molar-refractivity contribution in [3.8, 4) is 0 Å². The second-order valence-electron chi connectivity index (χ2n) is 9.37. The molecule has 1 aliphatic carbocycles. The Labute approximate surface area is 180 Å². The zero-order valence-electron chi connectivity index (χ0n) is 17.6. The number of aliphatic hydroxyl groups is 1. The molecule has 2 aliphatic heterocycles. The molecule has 3 unspecified atom stereocenters. The maximum atomic E-state index is 13.5. The summed E-state index contributed by atoms with van der Waals surface area (Å²) in [5.74, 6) is -1.10.